The zero-order valence-electron chi connectivity index (χ0n) is 14.5. The summed E-state index contributed by atoms with van der Waals surface area (Å²) in [7, 11) is 1.69. The molecule has 27 heavy (non-hydrogen) atoms. The molecule has 8 heteroatoms. The van der Waals surface area contributed by atoms with Gasteiger partial charge in [-0.3, -0.25) is 9.78 Å². The molecule has 134 valence electrons. The van der Waals surface area contributed by atoms with Gasteiger partial charge in [0.2, 0.25) is 11.7 Å². The van der Waals surface area contributed by atoms with Crippen LogP contribution in [0.25, 0.3) is 22.8 Å². The number of pyridine rings is 1. The number of H-pyrrole nitrogens is 1. The summed E-state index contributed by atoms with van der Waals surface area (Å²) in [6, 6.07) is 10.9. The highest BCUT2D eigenvalue weighted by atomic mass is 16.5. The fourth-order valence-electron chi connectivity index (χ4n) is 2.66. The highest BCUT2D eigenvalue weighted by Gasteiger charge is 2.17. The van der Waals surface area contributed by atoms with Crippen molar-refractivity contribution in [2.75, 3.05) is 7.05 Å². The zero-order chi connectivity index (χ0) is 18.6. The Bertz CT molecular complexity index is 1040. The van der Waals surface area contributed by atoms with Crippen LogP contribution in [0.15, 0.2) is 65.7 Å². The van der Waals surface area contributed by atoms with Gasteiger partial charge in [-0.2, -0.15) is 4.98 Å². The molecule has 0 spiro atoms. The predicted molar refractivity (Wildman–Crippen MR) is 97.4 cm³/mol. The summed E-state index contributed by atoms with van der Waals surface area (Å²) < 4.78 is 5.27. The van der Waals surface area contributed by atoms with E-state index in [-0.39, 0.29) is 12.5 Å². The molecule has 0 aliphatic carbocycles. The van der Waals surface area contributed by atoms with E-state index >= 15 is 0 Å². The number of benzene rings is 1. The van der Waals surface area contributed by atoms with Gasteiger partial charge >= 0.3 is 0 Å². The van der Waals surface area contributed by atoms with Crippen LogP contribution in [0.1, 0.15) is 16.2 Å². The summed E-state index contributed by atoms with van der Waals surface area (Å²) in [5.74, 6) is 1.39. The number of hydrogen-bond acceptors (Lipinski definition) is 6. The van der Waals surface area contributed by atoms with Crippen LogP contribution in [0.4, 0.5) is 0 Å². The summed E-state index contributed by atoms with van der Waals surface area (Å²) in [6.07, 6.45) is 6.73. The normalized spacial score (nSPS) is 10.7. The standard InChI is InChI=1S/C19H16N6O2/c1-25(12-16-23-18(24-27-16)13-5-7-20-8-6-13)19(26)15-4-2-3-14(11-15)17-21-9-10-22-17/h2-11H,12H2,1H3,(H,21,22). The van der Waals surface area contributed by atoms with Gasteiger partial charge in [0.1, 0.15) is 5.82 Å². The van der Waals surface area contributed by atoms with Crippen LogP contribution in [0.3, 0.4) is 0 Å². The van der Waals surface area contributed by atoms with E-state index in [1.165, 1.54) is 4.90 Å². The molecule has 3 heterocycles. The lowest BCUT2D eigenvalue weighted by Crippen LogP contribution is -2.26. The van der Waals surface area contributed by atoms with Crippen molar-refractivity contribution in [1.82, 2.24) is 30.0 Å². The number of carbonyl (C=O) groups excluding carboxylic acids is 1. The number of hydrogen-bond donors (Lipinski definition) is 1. The highest BCUT2D eigenvalue weighted by molar-refractivity contribution is 5.95. The maximum absolute atomic E-state index is 12.7. The molecular weight excluding hydrogens is 344 g/mol. The number of aromatic nitrogens is 5. The fraction of sp³-hybridized carbons (Fsp3) is 0.105. The Morgan fingerprint density at radius 3 is 2.78 bits per heavy atom. The molecule has 3 aromatic heterocycles. The highest BCUT2D eigenvalue weighted by Crippen LogP contribution is 2.18. The molecule has 0 fully saturated rings. The Balaban J connectivity index is 1.49. The van der Waals surface area contributed by atoms with E-state index < -0.39 is 0 Å². The molecule has 0 saturated carbocycles. The first-order valence-electron chi connectivity index (χ1n) is 8.29. The molecule has 0 aliphatic rings. The quantitative estimate of drug-likeness (QED) is 0.587. The summed E-state index contributed by atoms with van der Waals surface area (Å²) in [4.78, 5) is 29.8. The van der Waals surface area contributed by atoms with Crippen LogP contribution < -0.4 is 0 Å². The van der Waals surface area contributed by atoms with Crippen LogP contribution in [0.2, 0.25) is 0 Å². The molecule has 4 aromatic rings. The number of imidazole rings is 1. The van der Waals surface area contributed by atoms with Gasteiger partial charge in [-0.1, -0.05) is 17.3 Å². The molecule has 8 nitrogen and oxygen atoms in total. The van der Waals surface area contributed by atoms with Crippen molar-refractivity contribution >= 4 is 5.91 Å². The van der Waals surface area contributed by atoms with Crippen molar-refractivity contribution in [1.29, 1.82) is 0 Å². The van der Waals surface area contributed by atoms with E-state index in [2.05, 4.69) is 25.1 Å². The van der Waals surface area contributed by atoms with E-state index in [1.807, 2.05) is 12.1 Å². The summed E-state index contributed by atoms with van der Waals surface area (Å²) in [5.41, 5.74) is 2.21. The molecule has 0 unspecified atom stereocenters. The van der Waals surface area contributed by atoms with Crippen molar-refractivity contribution in [3.8, 4) is 22.8 Å². The number of nitrogens with zero attached hydrogens (tertiary/aromatic N) is 5. The smallest absolute Gasteiger partial charge is 0.254 e. The van der Waals surface area contributed by atoms with Gasteiger partial charge in [0, 0.05) is 48.5 Å². The zero-order valence-corrected chi connectivity index (χ0v) is 14.5. The Hall–Kier alpha value is -3.81. The lowest BCUT2D eigenvalue weighted by Gasteiger charge is -2.15. The van der Waals surface area contributed by atoms with Crippen molar-refractivity contribution in [2.24, 2.45) is 0 Å². The van der Waals surface area contributed by atoms with E-state index in [0.29, 0.717) is 23.1 Å². The first-order valence-corrected chi connectivity index (χ1v) is 8.29. The summed E-state index contributed by atoms with van der Waals surface area (Å²) >= 11 is 0. The van der Waals surface area contributed by atoms with Gasteiger partial charge in [-0.25, -0.2) is 4.98 Å². The molecule has 4 rings (SSSR count). The maximum atomic E-state index is 12.7. The molecular formula is C19H16N6O2. The van der Waals surface area contributed by atoms with Crippen molar-refractivity contribution in [3.05, 3.63) is 72.6 Å². The molecule has 1 amide bonds. The third-order valence-electron chi connectivity index (χ3n) is 4.01. The van der Waals surface area contributed by atoms with Gasteiger partial charge in [0.05, 0.1) is 6.54 Å². The number of carbonyl (C=O) groups is 1. The molecule has 0 radical (unpaired) electrons. The maximum Gasteiger partial charge on any atom is 0.254 e. The van der Waals surface area contributed by atoms with Crippen molar-refractivity contribution in [3.63, 3.8) is 0 Å². The van der Waals surface area contributed by atoms with Crippen LogP contribution >= 0.6 is 0 Å². The second-order valence-electron chi connectivity index (χ2n) is 5.93. The van der Waals surface area contributed by atoms with Crippen molar-refractivity contribution < 1.29 is 9.32 Å². The third-order valence-corrected chi connectivity index (χ3v) is 4.01. The largest absolute Gasteiger partial charge is 0.345 e. The van der Waals surface area contributed by atoms with E-state index in [1.54, 1.807) is 56.1 Å². The average Bonchev–Trinajstić information content (AvgIpc) is 3.40. The number of amides is 1. The minimum Gasteiger partial charge on any atom is -0.345 e. The second-order valence-corrected chi connectivity index (χ2v) is 5.93. The van der Waals surface area contributed by atoms with Gasteiger partial charge in [-0.15, -0.1) is 0 Å². The molecule has 0 saturated heterocycles. The Kier molecular flexibility index (Phi) is 4.44. The lowest BCUT2D eigenvalue weighted by molar-refractivity contribution is 0.0769. The molecule has 0 bridgehead atoms. The number of nitrogens with one attached hydrogen (secondary N) is 1. The van der Waals surface area contributed by atoms with Crippen molar-refractivity contribution in [2.45, 2.75) is 6.54 Å². The van der Waals surface area contributed by atoms with Crippen LogP contribution in [-0.2, 0) is 6.54 Å². The molecule has 1 aromatic carbocycles. The first kappa shape index (κ1) is 16.6. The number of rotatable bonds is 5. The minimum atomic E-state index is -0.146. The van der Waals surface area contributed by atoms with Gasteiger partial charge in [0.25, 0.3) is 5.91 Å². The predicted octanol–water partition coefficient (Wildman–Crippen LogP) is 2.79. The second kappa shape index (κ2) is 7.20. The summed E-state index contributed by atoms with van der Waals surface area (Å²) in [6.45, 7) is 0.210. The Morgan fingerprint density at radius 1 is 1.15 bits per heavy atom. The SMILES string of the molecule is CN(Cc1nc(-c2ccncc2)no1)C(=O)c1cccc(-c2ncc[nH]2)c1. The van der Waals surface area contributed by atoms with Crippen LogP contribution in [-0.4, -0.2) is 42.9 Å². The topological polar surface area (TPSA) is 101 Å². The third kappa shape index (κ3) is 3.59. The van der Waals surface area contributed by atoms with E-state index in [9.17, 15) is 4.79 Å². The molecule has 1 N–H and O–H groups in total. The Labute approximate surface area is 154 Å². The van der Waals surface area contributed by atoms with E-state index in [4.69, 9.17) is 4.52 Å². The minimum absolute atomic E-state index is 0.146. The molecule has 0 atom stereocenters. The monoisotopic (exact) mass is 360 g/mol. The van der Waals surface area contributed by atoms with Gasteiger partial charge in [-0.05, 0) is 24.3 Å². The summed E-state index contributed by atoms with van der Waals surface area (Å²) in [5, 5.41) is 3.96. The average molecular weight is 360 g/mol. The van der Waals surface area contributed by atoms with Gasteiger partial charge < -0.3 is 14.4 Å². The fourth-order valence-corrected chi connectivity index (χ4v) is 2.66. The Morgan fingerprint density at radius 2 is 2.00 bits per heavy atom. The lowest BCUT2D eigenvalue weighted by atomic mass is 10.1. The molecule has 0 aliphatic heterocycles. The van der Waals surface area contributed by atoms with Crippen LogP contribution in [0.5, 0.6) is 0 Å². The van der Waals surface area contributed by atoms with Gasteiger partial charge in [0.15, 0.2) is 0 Å². The van der Waals surface area contributed by atoms with E-state index in [0.717, 1.165) is 11.1 Å². The van der Waals surface area contributed by atoms with Crippen LogP contribution in [0, 0.1) is 0 Å². The first-order chi connectivity index (χ1) is 13.2. The number of aromatic amines is 1.